The van der Waals surface area contributed by atoms with Crippen molar-refractivity contribution in [3.8, 4) is 11.3 Å². The van der Waals surface area contributed by atoms with Gasteiger partial charge in [-0.15, -0.1) is 0 Å². The van der Waals surface area contributed by atoms with E-state index >= 15 is 0 Å². The summed E-state index contributed by atoms with van der Waals surface area (Å²) < 4.78 is 33.2. The number of hydrogen-bond donors (Lipinski definition) is 2. The van der Waals surface area contributed by atoms with Crippen LogP contribution in [0.2, 0.25) is 0 Å². The molecule has 2 aromatic heterocycles. The van der Waals surface area contributed by atoms with Crippen LogP contribution in [0.25, 0.3) is 22.2 Å². The summed E-state index contributed by atoms with van der Waals surface area (Å²) in [7, 11) is -2.37. The maximum Gasteiger partial charge on any atom is 0.268 e. The molecule has 4 rings (SSSR count). The summed E-state index contributed by atoms with van der Waals surface area (Å²) in [6.07, 6.45) is 3.44. The Kier molecular flexibility index (Phi) is 5.67. The quantitative estimate of drug-likeness (QED) is 0.433. The summed E-state index contributed by atoms with van der Waals surface area (Å²) in [6.45, 7) is 2.57. The monoisotopic (exact) mass is 437 g/mol. The van der Waals surface area contributed by atoms with E-state index in [0.29, 0.717) is 18.8 Å². The second kappa shape index (κ2) is 8.41. The van der Waals surface area contributed by atoms with Crippen LogP contribution in [0.5, 0.6) is 0 Å². The van der Waals surface area contributed by atoms with Gasteiger partial charge >= 0.3 is 0 Å². The van der Waals surface area contributed by atoms with Gasteiger partial charge < -0.3 is 15.0 Å². The van der Waals surface area contributed by atoms with Gasteiger partial charge in [0.05, 0.1) is 17.2 Å². The third-order valence-corrected chi connectivity index (χ3v) is 6.69. The van der Waals surface area contributed by atoms with Crippen molar-refractivity contribution in [1.82, 2.24) is 14.3 Å². The number of H-pyrrole nitrogens is 1. The average Bonchev–Trinajstić information content (AvgIpc) is 3.40. The summed E-state index contributed by atoms with van der Waals surface area (Å²) in [6, 6.07) is 15.6. The number of aromatic amines is 1. The van der Waals surface area contributed by atoms with E-state index in [1.54, 1.807) is 25.4 Å². The smallest absolute Gasteiger partial charge is 0.268 e. The summed E-state index contributed by atoms with van der Waals surface area (Å²) in [4.78, 5) is 15.5. The zero-order chi connectivity index (χ0) is 22.0. The first-order valence-electron chi connectivity index (χ1n) is 9.79. The number of benzene rings is 2. The van der Waals surface area contributed by atoms with E-state index in [1.165, 1.54) is 16.1 Å². The highest BCUT2D eigenvalue weighted by Crippen LogP contribution is 2.29. The van der Waals surface area contributed by atoms with Crippen LogP contribution >= 0.6 is 0 Å². The lowest BCUT2D eigenvalue weighted by molar-refractivity contribution is 0.0937. The van der Waals surface area contributed by atoms with Crippen LogP contribution in [0.3, 0.4) is 0 Å². The van der Waals surface area contributed by atoms with Gasteiger partial charge in [-0.3, -0.25) is 4.79 Å². The van der Waals surface area contributed by atoms with Gasteiger partial charge in [-0.1, -0.05) is 12.1 Å². The Bertz CT molecular complexity index is 1350. The van der Waals surface area contributed by atoms with E-state index in [-0.39, 0.29) is 16.4 Å². The zero-order valence-electron chi connectivity index (χ0n) is 17.3. The number of aromatic nitrogens is 2. The molecule has 31 heavy (non-hydrogen) atoms. The predicted molar refractivity (Wildman–Crippen MR) is 120 cm³/mol. The van der Waals surface area contributed by atoms with Gasteiger partial charge in [0.15, 0.2) is 0 Å². The number of ether oxygens (including phenoxy) is 1. The summed E-state index contributed by atoms with van der Waals surface area (Å²) in [5.74, 6) is -0.351. The Balaban J connectivity index is 1.73. The Morgan fingerprint density at radius 3 is 2.77 bits per heavy atom. The predicted octanol–water partition coefficient (Wildman–Crippen LogP) is 3.56. The lowest BCUT2D eigenvalue weighted by atomic mass is 10.1. The molecule has 0 unspecified atom stereocenters. The molecule has 8 heteroatoms. The van der Waals surface area contributed by atoms with Crippen molar-refractivity contribution >= 4 is 26.8 Å². The van der Waals surface area contributed by atoms with E-state index in [1.807, 2.05) is 43.5 Å². The molecule has 0 saturated carbocycles. The highest BCUT2D eigenvalue weighted by atomic mass is 32.2. The number of nitrogens with zero attached hydrogens (tertiary/aromatic N) is 1. The van der Waals surface area contributed by atoms with Crippen LogP contribution in [-0.4, -0.2) is 43.5 Å². The second-order valence-electron chi connectivity index (χ2n) is 7.26. The van der Waals surface area contributed by atoms with E-state index in [2.05, 4.69) is 10.3 Å². The molecule has 0 bridgehead atoms. The first kappa shape index (κ1) is 20.9. The molecular weight excluding hydrogens is 414 g/mol. The summed E-state index contributed by atoms with van der Waals surface area (Å²) in [5.41, 5.74) is 3.43. The summed E-state index contributed by atoms with van der Waals surface area (Å²) >= 11 is 0. The first-order valence-corrected chi connectivity index (χ1v) is 11.2. The lowest BCUT2D eigenvalue weighted by Crippen LogP contribution is -2.27. The Morgan fingerprint density at radius 2 is 1.97 bits per heavy atom. The van der Waals surface area contributed by atoms with Gasteiger partial charge in [0.25, 0.3) is 15.9 Å². The van der Waals surface area contributed by atoms with Gasteiger partial charge in [-0.05, 0) is 60.5 Å². The summed E-state index contributed by atoms with van der Waals surface area (Å²) in [5, 5.41) is 3.70. The largest absolute Gasteiger partial charge is 0.383 e. The van der Waals surface area contributed by atoms with Gasteiger partial charge in [0.1, 0.15) is 0 Å². The molecule has 0 radical (unpaired) electrons. The van der Waals surface area contributed by atoms with E-state index < -0.39 is 10.0 Å². The highest BCUT2D eigenvalue weighted by molar-refractivity contribution is 7.90. The van der Waals surface area contributed by atoms with Gasteiger partial charge in [-0.25, -0.2) is 12.4 Å². The Hall–Kier alpha value is -3.36. The molecule has 0 aliphatic rings. The Morgan fingerprint density at radius 1 is 1.13 bits per heavy atom. The molecule has 0 aliphatic carbocycles. The van der Waals surface area contributed by atoms with Crippen molar-refractivity contribution in [3.05, 3.63) is 78.1 Å². The minimum absolute atomic E-state index is 0.0477. The number of nitrogens with one attached hydrogen (secondary N) is 2. The van der Waals surface area contributed by atoms with Crippen LogP contribution in [0.1, 0.15) is 15.9 Å². The Labute approximate surface area is 180 Å². The molecule has 4 aromatic rings. The van der Waals surface area contributed by atoms with E-state index in [0.717, 1.165) is 22.0 Å². The molecular formula is C23H23N3O4S. The molecule has 2 heterocycles. The van der Waals surface area contributed by atoms with Crippen LogP contribution in [-0.2, 0) is 14.8 Å². The first-order chi connectivity index (χ1) is 14.9. The van der Waals surface area contributed by atoms with E-state index in [4.69, 9.17) is 4.74 Å². The molecule has 0 saturated heterocycles. The van der Waals surface area contributed by atoms with Crippen molar-refractivity contribution < 1.29 is 17.9 Å². The number of amides is 1. The van der Waals surface area contributed by atoms with Crippen molar-refractivity contribution in [3.63, 3.8) is 0 Å². The molecule has 0 fully saturated rings. The fraction of sp³-hybridized carbons (Fsp3) is 0.174. The van der Waals surface area contributed by atoms with Gasteiger partial charge in [-0.2, -0.15) is 0 Å². The number of rotatable bonds is 7. The van der Waals surface area contributed by atoms with Crippen molar-refractivity contribution in [2.45, 2.75) is 11.8 Å². The molecule has 2 N–H and O–H groups in total. The molecule has 160 valence electrons. The zero-order valence-corrected chi connectivity index (χ0v) is 18.1. The van der Waals surface area contributed by atoms with Crippen molar-refractivity contribution in [1.29, 1.82) is 0 Å². The number of carbonyl (C=O) groups is 1. The number of carbonyl (C=O) groups excluding carboxylic acids is 1. The number of fused-ring (bicyclic) bond motifs is 1. The molecule has 0 spiro atoms. The van der Waals surface area contributed by atoms with Gasteiger partial charge in [0, 0.05) is 42.5 Å². The number of methoxy groups -OCH3 is 1. The van der Waals surface area contributed by atoms with Crippen molar-refractivity contribution in [2.75, 3.05) is 20.3 Å². The average molecular weight is 438 g/mol. The molecule has 7 nitrogen and oxygen atoms in total. The van der Waals surface area contributed by atoms with Crippen molar-refractivity contribution in [2.24, 2.45) is 0 Å². The molecule has 1 amide bonds. The maximum atomic E-state index is 13.5. The minimum atomic E-state index is -3.91. The molecule has 2 aromatic carbocycles. The normalized spacial score (nSPS) is 11.7. The number of hydrogen-bond acceptors (Lipinski definition) is 4. The minimum Gasteiger partial charge on any atom is -0.383 e. The van der Waals surface area contributed by atoms with Crippen LogP contribution in [0, 0.1) is 6.92 Å². The van der Waals surface area contributed by atoms with E-state index in [9.17, 15) is 13.2 Å². The van der Waals surface area contributed by atoms with Crippen LogP contribution in [0.15, 0.2) is 71.9 Å². The SMILES string of the molecule is COCCNC(=O)c1cccc(S(=O)(=O)n2cc(C)cc2-c2ccc3[nH]ccc3c2)c1. The fourth-order valence-electron chi connectivity index (χ4n) is 3.47. The highest BCUT2D eigenvalue weighted by Gasteiger charge is 2.22. The second-order valence-corrected chi connectivity index (χ2v) is 9.07. The van der Waals surface area contributed by atoms with Crippen LogP contribution < -0.4 is 5.32 Å². The molecule has 0 aliphatic heterocycles. The fourth-order valence-corrected chi connectivity index (χ4v) is 4.95. The lowest BCUT2D eigenvalue weighted by Gasteiger charge is -2.12. The topological polar surface area (TPSA) is 93.2 Å². The maximum absolute atomic E-state index is 13.5. The third-order valence-electron chi connectivity index (χ3n) is 5.02. The number of aryl methyl sites for hydroxylation is 1. The standard InChI is InChI=1S/C23H23N3O4S/c1-16-12-22(18-6-7-21-17(13-18)8-9-24-21)26(15-16)31(28,29)20-5-3-4-19(14-20)23(27)25-10-11-30-2/h3-9,12-15,24H,10-11H2,1-2H3,(H,25,27). The third kappa shape index (κ3) is 4.12. The van der Waals surface area contributed by atoms with Crippen LogP contribution in [0.4, 0.5) is 0 Å². The van der Waals surface area contributed by atoms with Gasteiger partial charge in [0.2, 0.25) is 0 Å². The molecule has 0 atom stereocenters.